The second-order valence-corrected chi connectivity index (χ2v) is 5.39. The van der Waals surface area contributed by atoms with E-state index in [1.807, 2.05) is 53.1 Å². The van der Waals surface area contributed by atoms with Crippen LogP contribution in [0.4, 0.5) is 0 Å². The van der Waals surface area contributed by atoms with Gasteiger partial charge in [-0.1, -0.05) is 29.8 Å². The summed E-state index contributed by atoms with van der Waals surface area (Å²) >= 11 is 5.99. The van der Waals surface area contributed by atoms with Crippen LogP contribution >= 0.6 is 35.6 Å². The summed E-state index contributed by atoms with van der Waals surface area (Å²) < 4.78 is 1.94. The molecule has 0 atom stereocenters. The van der Waals surface area contributed by atoms with E-state index in [9.17, 15) is 0 Å². The van der Waals surface area contributed by atoms with Crippen LogP contribution in [0, 0.1) is 0 Å². The average Bonchev–Trinajstić information content (AvgIpc) is 2.98. The van der Waals surface area contributed by atoms with Gasteiger partial charge in [-0.05, 0) is 29.8 Å². The third-order valence-electron chi connectivity index (χ3n) is 3.37. The first-order valence-corrected chi connectivity index (χ1v) is 7.61. The summed E-state index contributed by atoms with van der Waals surface area (Å²) in [7, 11) is 1.73. The van der Waals surface area contributed by atoms with Gasteiger partial charge in [0.25, 0.3) is 0 Å². The van der Waals surface area contributed by atoms with Crippen molar-refractivity contribution in [1.82, 2.24) is 25.2 Å². The largest absolute Gasteiger partial charge is 0.352 e. The van der Waals surface area contributed by atoms with Crippen LogP contribution in [0.2, 0.25) is 5.02 Å². The van der Waals surface area contributed by atoms with Gasteiger partial charge < -0.3 is 10.6 Å². The number of aromatic nitrogens is 3. The molecule has 3 rings (SSSR count). The molecule has 0 fully saturated rings. The minimum atomic E-state index is 0. The minimum absolute atomic E-state index is 0. The van der Waals surface area contributed by atoms with Crippen LogP contribution in [0.5, 0.6) is 0 Å². The van der Waals surface area contributed by atoms with Crippen molar-refractivity contribution >= 4 is 47.2 Å². The van der Waals surface area contributed by atoms with Crippen LogP contribution in [0.15, 0.2) is 53.7 Å². The van der Waals surface area contributed by atoms with Gasteiger partial charge in [-0.25, -0.2) is 0 Å². The molecule has 0 saturated carbocycles. The maximum absolute atomic E-state index is 5.99. The SMILES string of the molecule is CN=C(NCc1cccc(Cl)c1)NCc1nnc2ccccn12.I. The molecule has 0 unspecified atom stereocenters. The van der Waals surface area contributed by atoms with E-state index in [2.05, 4.69) is 25.8 Å². The monoisotopic (exact) mass is 456 g/mol. The fourth-order valence-corrected chi connectivity index (χ4v) is 2.44. The molecule has 2 N–H and O–H groups in total. The molecule has 0 radical (unpaired) electrons. The number of rotatable bonds is 4. The Morgan fingerprint density at radius 2 is 1.96 bits per heavy atom. The molecule has 126 valence electrons. The second kappa shape index (κ2) is 8.84. The number of halogens is 2. The van der Waals surface area contributed by atoms with Crippen LogP contribution < -0.4 is 10.6 Å². The van der Waals surface area contributed by atoms with E-state index < -0.39 is 0 Å². The van der Waals surface area contributed by atoms with Crippen molar-refractivity contribution < 1.29 is 0 Å². The van der Waals surface area contributed by atoms with Gasteiger partial charge in [-0.2, -0.15) is 0 Å². The van der Waals surface area contributed by atoms with Gasteiger partial charge in [0.1, 0.15) is 0 Å². The zero-order valence-corrected chi connectivity index (χ0v) is 16.2. The van der Waals surface area contributed by atoms with Crippen LogP contribution in [-0.2, 0) is 13.1 Å². The number of aliphatic imine (C=N–C) groups is 1. The number of hydrogen-bond donors (Lipinski definition) is 2. The maximum Gasteiger partial charge on any atom is 0.191 e. The molecular weight excluding hydrogens is 439 g/mol. The van der Waals surface area contributed by atoms with Gasteiger partial charge in [0.15, 0.2) is 17.4 Å². The van der Waals surface area contributed by atoms with E-state index in [0.29, 0.717) is 19.0 Å². The summed E-state index contributed by atoms with van der Waals surface area (Å²) in [4.78, 5) is 4.21. The van der Waals surface area contributed by atoms with Gasteiger partial charge in [0, 0.05) is 24.8 Å². The lowest BCUT2D eigenvalue weighted by Crippen LogP contribution is -2.36. The highest BCUT2D eigenvalue weighted by Crippen LogP contribution is 2.10. The molecule has 6 nitrogen and oxygen atoms in total. The van der Waals surface area contributed by atoms with Crippen molar-refractivity contribution in [3.05, 3.63) is 65.1 Å². The number of fused-ring (bicyclic) bond motifs is 1. The molecule has 2 aromatic heterocycles. The molecule has 0 aliphatic rings. The van der Waals surface area contributed by atoms with Crippen LogP contribution in [-0.4, -0.2) is 27.6 Å². The Morgan fingerprint density at radius 3 is 2.75 bits per heavy atom. The quantitative estimate of drug-likeness (QED) is 0.360. The fourth-order valence-electron chi connectivity index (χ4n) is 2.23. The fraction of sp³-hybridized carbons (Fsp3) is 0.188. The Balaban J connectivity index is 0.00000208. The van der Waals surface area contributed by atoms with E-state index in [1.54, 1.807) is 7.05 Å². The average molecular weight is 457 g/mol. The van der Waals surface area contributed by atoms with E-state index in [0.717, 1.165) is 22.1 Å². The van der Waals surface area contributed by atoms with Crippen molar-refractivity contribution in [1.29, 1.82) is 0 Å². The topological polar surface area (TPSA) is 66.6 Å². The van der Waals surface area contributed by atoms with Crippen LogP contribution in [0.3, 0.4) is 0 Å². The molecule has 0 amide bonds. The van der Waals surface area contributed by atoms with Crippen molar-refractivity contribution in [2.75, 3.05) is 7.05 Å². The molecule has 0 spiro atoms. The zero-order chi connectivity index (χ0) is 16.1. The molecule has 0 saturated heterocycles. The first-order valence-electron chi connectivity index (χ1n) is 7.24. The summed E-state index contributed by atoms with van der Waals surface area (Å²) in [6, 6.07) is 13.5. The number of pyridine rings is 1. The lowest BCUT2D eigenvalue weighted by molar-refractivity contribution is 0.762. The third kappa shape index (κ3) is 4.57. The summed E-state index contributed by atoms with van der Waals surface area (Å²) in [5.41, 5.74) is 1.92. The molecular formula is C16H18ClIN6. The van der Waals surface area contributed by atoms with Crippen molar-refractivity contribution in [3.8, 4) is 0 Å². The summed E-state index contributed by atoms with van der Waals surface area (Å²) in [5, 5.41) is 15.5. The lowest BCUT2D eigenvalue weighted by Gasteiger charge is -2.11. The molecule has 1 aromatic carbocycles. The first-order chi connectivity index (χ1) is 11.3. The highest BCUT2D eigenvalue weighted by atomic mass is 127. The smallest absolute Gasteiger partial charge is 0.191 e. The summed E-state index contributed by atoms with van der Waals surface area (Å²) in [5.74, 6) is 1.52. The number of nitrogens with zero attached hydrogens (tertiary/aromatic N) is 4. The van der Waals surface area contributed by atoms with E-state index in [4.69, 9.17) is 11.6 Å². The Morgan fingerprint density at radius 1 is 1.12 bits per heavy atom. The highest BCUT2D eigenvalue weighted by molar-refractivity contribution is 14.0. The van der Waals surface area contributed by atoms with Crippen LogP contribution in [0.1, 0.15) is 11.4 Å². The Labute approximate surface area is 162 Å². The molecule has 3 aromatic rings. The van der Waals surface area contributed by atoms with Gasteiger partial charge >= 0.3 is 0 Å². The summed E-state index contributed by atoms with van der Waals surface area (Å²) in [6.07, 6.45) is 1.94. The molecule has 2 heterocycles. The van der Waals surface area contributed by atoms with Gasteiger partial charge in [0.2, 0.25) is 0 Å². The Bertz CT molecular complexity index is 832. The summed E-state index contributed by atoms with van der Waals surface area (Å²) in [6.45, 7) is 1.17. The van der Waals surface area contributed by atoms with Crippen molar-refractivity contribution in [2.45, 2.75) is 13.1 Å². The maximum atomic E-state index is 5.99. The predicted octanol–water partition coefficient (Wildman–Crippen LogP) is 2.87. The van der Waals surface area contributed by atoms with Gasteiger partial charge in [-0.3, -0.25) is 9.39 Å². The first kappa shape index (κ1) is 18.5. The molecule has 8 heteroatoms. The number of benzene rings is 1. The number of guanidine groups is 1. The van der Waals surface area contributed by atoms with E-state index >= 15 is 0 Å². The number of nitrogens with one attached hydrogen (secondary N) is 2. The van der Waals surface area contributed by atoms with Crippen molar-refractivity contribution in [2.24, 2.45) is 4.99 Å². The second-order valence-electron chi connectivity index (χ2n) is 4.95. The van der Waals surface area contributed by atoms with E-state index in [-0.39, 0.29) is 24.0 Å². The van der Waals surface area contributed by atoms with Crippen molar-refractivity contribution in [3.63, 3.8) is 0 Å². The van der Waals surface area contributed by atoms with E-state index in [1.165, 1.54) is 0 Å². The normalized spacial score (nSPS) is 11.2. The zero-order valence-electron chi connectivity index (χ0n) is 13.1. The molecule has 24 heavy (non-hydrogen) atoms. The lowest BCUT2D eigenvalue weighted by atomic mass is 10.2. The molecule has 0 aliphatic carbocycles. The number of hydrogen-bond acceptors (Lipinski definition) is 3. The highest BCUT2D eigenvalue weighted by Gasteiger charge is 2.05. The minimum Gasteiger partial charge on any atom is -0.352 e. The Kier molecular flexibility index (Phi) is 6.80. The predicted molar refractivity (Wildman–Crippen MR) is 107 cm³/mol. The van der Waals surface area contributed by atoms with Gasteiger partial charge in [0.05, 0.1) is 6.54 Å². The molecule has 0 aliphatic heterocycles. The molecule has 0 bridgehead atoms. The van der Waals surface area contributed by atoms with Crippen LogP contribution in [0.25, 0.3) is 5.65 Å². The standard InChI is InChI=1S/C16H17ClN6.HI/c1-18-16(19-10-12-5-4-6-13(17)9-12)20-11-15-22-21-14-7-2-3-8-23(14)15;/h2-9H,10-11H2,1H3,(H2,18,19,20);1H. The van der Waals surface area contributed by atoms with Gasteiger partial charge in [-0.15, -0.1) is 34.2 Å². The Hall–Kier alpha value is -1.87. The third-order valence-corrected chi connectivity index (χ3v) is 3.61.